The normalized spacial score (nSPS) is 11.5. The summed E-state index contributed by atoms with van der Waals surface area (Å²) in [5.74, 6) is 0. The van der Waals surface area contributed by atoms with Crippen molar-refractivity contribution < 1.29 is 18.0 Å². The Bertz CT molecular complexity index is 459. The van der Waals surface area contributed by atoms with Crippen LogP contribution in [0.4, 0.5) is 23.7 Å². The second-order valence-electron chi connectivity index (χ2n) is 4.49. The molecular weight excluding hydrogens is 283 g/mol. The van der Waals surface area contributed by atoms with Gasteiger partial charge in [0.15, 0.2) is 0 Å². The van der Waals surface area contributed by atoms with E-state index < -0.39 is 17.8 Å². The van der Waals surface area contributed by atoms with E-state index in [4.69, 9.17) is 0 Å². The number of nitrogens with one attached hydrogen (secondary N) is 2. The fourth-order valence-electron chi connectivity index (χ4n) is 1.82. The first-order chi connectivity index (χ1) is 9.86. The molecule has 0 aliphatic rings. The second kappa shape index (κ2) is 7.87. The third-order valence-corrected chi connectivity index (χ3v) is 3.06. The van der Waals surface area contributed by atoms with Crippen molar-refractivity contribution in [2.24, 2.45) is 0 Å². The number of nitrogens with zero attached hydrogens (tertiary/aromatic N) is 1. The first-order valence-corrected chi connectivity index (χ1v) is 6.81. The lowest BCUT2D eigenvalue weighted by Crippen LogP contribution is -2.36. The number of amides is 2. The summed E-state index contributed by atoms with van der Waals surface area (Å²) in [5, 5.41) is 5.01. The van der Waals surface area contributed by atoms with E-state index in [2.05, 4.69) is 15.5 Å². The molecule has 2 N–H and O–H groups in total. The molecule has 0 aliphatic heterocycles. The smallest absolute Gasteiger partial charge is 0.337 e. The van der Waals surface area contributed by atoms with E-state index >= 15 is 0 Å². The molecule has 1 aromatic rings. The first-order valence-electron chi connectivity index (χ1n) is 6.81. The molecule has 0 aromatic heterocycles. The lowest BCUT2D eigenvalue weighted by molar-refractivity contribution is -0.137. The molecule has 0 heterocycles. The minimum atomic E-state index is -4.42. The van der Waals surface area contributed by atoms with Crippen LogP contribution in [0, 0.1) is 0 Å². The van der Waals surface area contributed by atoms with Gasteiger partial charge in [0.25, 0.3) is 0 Å². The summed E-state index contributed by atoms with van der Waals surface area (Å²) in [7, 11) is 0. The van der Waals surface area contributed by atoms with E-state index in [0.29, 0.717) is 13.1 Å². The van der Waals surface area contributed by atoms with E-state index in [9.17, 15) is 18.0 Å². The van der Waals surface area contributed by atoms with Gasteiger partial charge in [0, 0.05) is 18.8 Å². The van der Waals surface area contributed by atoms with Crippen molar-refractivity contribution in [2.75, 3.05) is 31.5 Å². The van der Waals surface area contributed by atoms with Crippen molar-refractivity contribution in [3.63, 3.8) is 0 Å². The second-order valence-corrected chi connectivity index (χ2v) is 4.49. The maximum atomic E-state index is 12.5. The molecule has 0 saturated heterocycles. The first kappa shape index (κ1) is 17.3. The van der Waals surface area contributed by atoms with Crippen molar-refractivity contribution in [2.45, 2.75) is 20.0 Å². The highest BCUT2D eigenvalue weighted by Crippen LogP contribution is 2.30. The molecule has 0 saturated carbocycles. The Morgan fingerprint density at radius 3 is 2.48 bits per heavy atom. The molecule has 1 rings (SSSR count). The molecule has 118 valence electrons. The van der Waals surface area contributed by atoms with Crippen LogP contribution in [0.1, 0.15) is 19.4 Å². The van der Waals surface area contributed by atoms with Crippen LogP contribution in [0.5, 0.6) is 0 Å². The lowest BCUT2D eigenvalue weighted by Gasteiger charge is -2.18. The van der Waals surface area contributed by atoms with Gasteiger partial charge in [-0.25, -0.2) is 4.79 Å². The Hall–Kier alpha value is -1.76. The Balaban J connectivity index is 2.48. The van der Waals surface area contributed by atoms with E-state index in [1.165, 1.54) is 12.1 Å². The van der Waals surface area contributed by atoms with Gasteiger partial charge in [-0.3, -0.25) is 0 Å². The van der Waals surface area contributed by atoms with Gasteiger partial charge >= 0.3 is 12.2 Å². The summed E-state index contributed by atoms with van der Waals surface area (Å²) in [6, 6.07) is 4.03. The van der Waals surface area contributed by atoms with Crippen LogP contribution in [0.3, 0.4) is 0 Å². The molecule has 2 amide bonds. The number of alkyl halides is 3. The maximum absolute atomic E-state index is 12.5. The molecule has 1 aromatic carbocycles. The Morgan fingerprint density at radius 2 is 1.90 bits per heavy atom. The molecule has 0 fully saturated rings. The van der Waals surface area contributed by atoms with Gasteiger partial charge in [-0.2, -0.15) is 13.2 Å². The predicted molar refractivity (Wildman–Crippen MR) is 76.3 cm³/mol. The monoisotopic (exact) mass is 303 g/mol. The van der Waals surface area contributed by atoms with Gasteiger partial charge in [-0.05, 0) is 31.3 Å². The zero-order chi connectivity index (χ0) is 15.9. The van der Waals surface area contributed by atoms with Crippen LogP contribution < -0.4 is 10.6 Å². The summed E-state index contributed by atoms with van der Waals surface area (Å²) in [6.45, 7) is 6.94. The molecule has 0 atom stereocenters. The van der Waals surface area contributed by atoms with Crippen LogP contribution in [-0.4, -0.2) is 37.1 Å². The minimum Gasteiger partial charge on any atom is -0.337 e. The highest BCUT2D eigenvalue weighted by atomic mass is 19.4. The number of halogens is 3. The number of carbonyl (C=O) groups is 1. The average molecular weight is 303 g/mol. The Kier molecular flexibility index (Phi) is 6.48. The van der Waals surface area contributed by atoms with Gasteiger partial charge < -0.3 is 15.5 Å². The number of hydrogen-bond donors (Lipinski definition) is 2. The van der Waals surface area contributed by atoms with Crippen LogP contribution in [0.15, 0.2) is 24.3 Å². The van der Waals surface area contributed by atoms with Gasteiger partial charge in [-0.15, -0.1) is 0 Å². The van der Waals surface area contributed by atoms with E-state index in [0.717, 1.165) is 25.2 Å². The molecule has 7 heteroatoms. The summed E-state index contributed by atoms with van der Waals surface area (Å²) >= 11 is 0. The van der Waals surface area contributed by atoms with Gasteiger partial charge in [0.1, 0.15) is 0 Å². The molecule has 0 bridgehead atoms. The van der Waals surface area contributed by atoms with Crippen LogP contribution >= 0.6 is 0 Å². The van der Waals surface area contributed by atoms with Gasteiger partial charge in [0.05, 0.1) is 5.56 Å². The van der Waals surface area contributed by atoms with Crippen molar-refractivity contribution in [3.8, 4) is 0 Å². The molecule has 4 nitrogen and oxygen atoms in total. The van der Waals surface area contributed by atoms with E-state index in [1.54, 1.807) is 0 Å². The molecule has 21 heavy (non-hydrogen) atoms. The fraction of sp³-hybridized carbons (Fsp3) is 0.500. The minimum absolute atomic E-state index is 0.116. The van der Waals surface area contributed by atoms with Crippen LogP contribution in [0.2, 0.25) is 0 Å². The lowest BCUT2D eigenvalue weighted by atomic mass is 10.2. The van der Waals surface area contributed by atoms with Crippen LogP contribution in [0.25, 0.3) is 0 Å². The topological polar surface area (TPSA) is 44.4 Å². The van der Waals surface area contributed by atoms with Gasteiger partial charge in [0.2, 0.25) is 0 Å². The highest BCUT2D eigenvalue weighted by Gasteiger charge is 2.30. The molecular formula is C14H20F3N3O. The Labute approximate surface area is 122 Å². The number of anilines is 1. The zero-order valence-corrected chi connectivity index (χ0v) is 12.1. The van der Waals surface area contributed by atoms with Gasteiger partial charge in [-0.1, -0.05) is 19.9 Å². The number of urea groups is 1. The molecule has 0 unspecified atom stereocenters. The highest BCUT2D eigenvalue weighted by molar-refractivity contribution is 5.89. The van der Waals surface area contributed by atoms with E-state index in [1.807, 2.05) is 13.8 Å². The quantitative estimate of drug-likeness (QED) is 0.848. The molecule has 0 radical (unpaired) electrons. The summed E-state index contributed by atoms with van der Waals surface area (Å²) in [5.41, 5.74) is -0.673. The Morgan fingerprint density at radius 1 is 1.24 bits per heavy atom. The van der Waals surface area contributed by atoms with Crippen molar-refractivity contribution in [3.05, 3.63) is 29.8 Å². The van der Waals surface area contributed by atoms with Crippen LogP contribution in [-0.2, 0) is 6.18 Å². The number of rotatable bonds is 6. The zero-order valence-electron chi connectivity index (χ0n) is 12.1. The standard InChI is InChI=1S/C14H20F3N3O/c1-3-20(4-2)9-8-18-13(21)19-12-7-5-6-11(10-12)14(15,16)17/h5-7,10H,3-4,8-9H2,1-2H3,(H2,18,19,21). The van der Waals surface area contributed by atoms with Crippen molar-refractivity contribution in [1.82, 2.24) is 10.2 Å². The van der Waals surface area contributed by atoms with Crippen molar-refractivity contribution >= 4 is 11.7 Å². The van der Waals surface area contributed by atoms with E-state index in [-0.39, 0.29) is 5.69 Å². The summed E-state index contributed by atoms with van der Waals surface area (Å²) in [4.78, 5) is 13.7. The third kappa shape index (κ3) is 6.03. The SMILES string of the molecule is CCN(CC)CCNC(=O)Nc1cccc(C(F)(F)F)c1. The number of carbonyl (C=O) groups excluding carboxylic acids is 1. The average Bonchev–Trinajstić information content (AvgIpc) is 2.43. The third-order valence-electron chi connectivity index (χ3n) is 3.06. The maximum Gasteiger partial charge on any atom is 0.416 e. The number of likely N-dealkylation sites (N-methyl/N-ethyl adjacent to an activating group) is 1. The largest absolute Gasteiger partial charge is 0.416 e. The number of hydrogen-bond acceptors (Lipinski definition) is 2. The summed E-state index contributed by atoms with van der Waals surface area (Å²) in [6.07, 6.45) is -4.42. The predicted octanol–water partition coefficient (Wildman–Crippen LogP) is 3.17. The van der Waals surface area contributed by atoms with Crippen molar-refractivity contribution in [1.29, 1.82) is 0 Å². The summed E-state index contributed by atoms with van der Waals surface area (Å²) < 4.78 is 37.6. The molecule has 0 spiro atoms. The molecule has 0 aliphatic carbocycles. The fourth-order valence-corrected chi connectivity index (χ4v) is 1.82. The number of benzene rings is 1.